The molecule has 0 spiro atoms. The Hall–Kier alpha value is -4.25. The second-order valence-electron chi connectivity index (χ2n) is 8.39. The van der Waals surface area contributed by atoms with E-state index in [9.17, 15) is 4.79 Å². The molecule has 2 heterocycles. The molecule has 5 heteroatoms. The number of carbonyl (C=O) groups is 1. The molecule has 170 valence electrons. The van der Waals surface area contributed by atoms with Crippen LogP contribution in [-0.4, -0.2) is 22.6 Å². The SMILES string of the molecule is COC(=O)c1cc(-n2c(C)ccc2-c2cc(C)ccc2OCc2ccccc2)cc2[nH]ccc12. The number of hydrogen-bond acceptors (Lipinski definition) is 3. The predicted molar refractivity (Wildman–Crippen MR) is 135 cm³/mol. The molecule has 0 bridgehead atoms. The Bertz CT molecular complexity index is 1480. The molecule has 0 amide bonds. The number of H-pyrrole nitrogens is 1. The molecule has 3 aromatic carbocycles. The Balaban J connectivity index is 1.63. The Morgan fingerprint density at radius 3 is 2.56 bits per heavy atom. The Morgan fingerprint density at radius 2 is 1.76 bits per heavy atom. The van der Waals surface area contributed by atoms with Crippen molar-refractivity contribution < 1.29 is 14.3 Å². The number of esters is 1. The zero-order valence-corrected chi connectivity index (χ0v) is 19.5. The zero-order valence-electron chi connectivity index (χ0n) is 19.5. The molecule has 1 N–H and O–H groups in total. The van der Waals surface area contributed by atoms with E-state index in [0.29, 0.717) is 12.2 Å². The van der Waals surface area contributed by atoms with Crippen molar-refractivity contribution in [3.8, 4) is 22.7 Å². The molecule has 0 fully saturated rings. The van der Waals surface area contributed by atoms with Gasteiger partial charge in [0.15, 0.2) is 0 Å². The minimum absolute atomic E-state index is 0.361. The van der Waals surface area contributed by atoms with Gasteiger partial charge < -0.3 is 19.0 Å². The number of nitrogens with zero attached hydrogens (tertiary/aromatic N) is 1. The second kappa shape index (κ2) is 8.94. The van der Waals surface area contributed by atoms with Gasteiger partial charge in [-0.25, -0.2) is 4.79 Å². The van der Waals surface area contributed by atoms with Gasteiger partial charge in [0.2, 0.25) is 0 Å². The maximum atomic E-state index is 12.5. The maximum absolute atomic E-state index is 12.5. The summed E-state index contributed by atoms with van der Waals surface area (Å²) in [6.45, 7) is 4.61. The van der Waals surface area contributed by atoms with E-state index in [2.05, 4.69) is 65.9 Å². The lowest BCUT2D eigenvalue weighted by molar-refractivity contribution is 0.0603. The highest BCUT2D eigenvalue weighted by Gasteiger charge is 2.18. The minimum Gasteiger partial charge on any atom is -0.488 e. The minimum atomic E-state index is -0.361. The van der Waals surface area contributed by atoms with Crippen molar-refractivity contribution in [3.05, 3.63) is 107 Å². The van der Waals surface area contributed by atoms with Crippen LogP contribution in [0.2, 0.25) is 0 Å². The number of fused-ring (bicyclic) bond motifs is 1. The highest BCUT2D eigenvalue weighted by atomic mass is 16.5. The van der Waals surface area contributed by atoms with E-state index in [0.717, 1.165) is 50.4 Å². The third-order valence-electron chi connectivity index (χ3n) is 6.04. The fraction of sp³-hybridized carbons (Fsp3) is 0.138. The molecule has 0 unspecified atom stereocenters. The first kappa shape index (κ1) is 21.6. The number of aryl methyl sites for hydroxylation is 2. The van der Waals surface area contributed by atoms with Crippen LogP contribution in [0.3, 0.4) is 0 Å². The number of benzene rings is 3. The van der Waals surface area contributed by atoms with Crippen molar-refractivity contribution in [2.24, 2.45) is 0 Å². The summed E-state index contributed by atoms with van der Waals surface area (Å²) in [6.07, 6.45) is 1.83. The number of methoxy groups -OCH3 is 1. The monoisotopic (exact) mass is 450 g/mol. The predicted octanol–water partition coefficient (Wildman–Crippen LogP) is 6.61. The van der Waals surface area contributed by atoms with Crippen LogP contribution in [0, 0.1) is 13.8 Å². The number of hydrogen-bond donors (Lipinski definition) is 1. The summed E-state index contributed by atoms with van der Waals surface area (Å²) in [7, 11) is 1.41. The van der Waals surface area contributed by atoms with Gasteiger partial charge in [0.1, 0.15) is 12.4 Å². The number of aromatic nitrogens is 2. The largest absolute Gasteiger partial charge is 0.488 e. The molecule has 34 heavy (non-hydrogen) atoms. The molecular weight excluding hydrogens is 424 g/mol. The Morgan fingerprint density at radius 1 is 0.941 bits per heavy atom. The summed E-state index contributed by atoms with van der Waals surface area (Å²) in [4.78, 5) is 15.8. The third-order valence-corrected chi connectivity index (χ3v) is 6.04. The first-order valence-electron chi connectivity index (χ1n) is 11.2. The van der Waals surface area contributed by atoms with Gasteiger partial charge in [0.25, 0.3) is 0 Å². The lowest BCUT2D eigenvalue weighted by Gasteiger charge is -2.17. The van der Waals surface area contributed by atoms with Crippen LogP contribution >= 0.6 is 0 Å². The number of nitrogens with one attached hydrogen (secondary N) is 1. The van der Waals surface area contributed by atoms with Crippen molar-refractivity contribution in [2.75, 3.05) is 7.11 Å². The molecular formula is C29H26N2O3. The molecule has 5 nitrogen and oxygen atoms in total. The quantitative estimate of drug-likeness (QED) is 0.296. The smallest absolute Gasteiger partial charge is 0.338 e. The van der Waals surface area contributed by atoms with Crippen molar-refractivity contribution in [1.29, 1.82) is 0 Å². The topological polar surface area (TPSA) is 56.2 Å². The second-order valence-corrected chi connectivity index (χ2v) is 8.39. The average molecular weight is 451 g/mol. The first-order valence-corrected chi connectivity index (χ1v) is 11.2. The fourth-order valence-corrected chi connectivity index (χ4v) is 4.36. The molecule has 0 aliphatic heterocycles. The van der Waals surface area contributed by atoms with Gasteiger partial charge in [0.05, 0.1) is 18.4 Å². The van der Waals surface area contributed by atoms with Crippen molar-refractivity contribution in [2.45, 2.75) is 20.5 Å². The van der Waals surface area contributed by atoms with Crippen LogP contribution in [-0.2, 0) is 11.3 Å². The summed E-state index contributed by atoms with van der Waals surface area (Å²) in [6, 6.07) is 26.4. The Labute approximate surface area is 198 Å². The van der Waals surface area contributed by atoms with Gasteiger partial charge in [-0.2, -0.15) is 0 Å². The van der Waals surface area contributed by atoms with E-state index in [1.807, 2.05) is 42.6 Å². The fourth-order valence-electron chi connectivity index (χ4n) is 4.36. The summed E-state index contributed by atoms with van der Waals surface area (Å²) in [5, 5.41) is 0.837. The summed E-state index contributed by atoms with van der Waals surface area (Å²) < 4.78 is 13.5. The molecule has 0 aliphatic rings. The van der Waals surface area contributed by atoms with E-state index in [4.69, 9.17) is 9.47 Å². The number of ether oxygens (including phenoxy) is 2. The van der Waals surface area contributed by atoms with Crippen LogP contribution < -0.4 is 4.74 Å². The van der Waals surface area contributed by atoms with E-state index < -0.39 is 0 Å². The van der Waals surface area contributed by atoms with Gasteiger partial charge >= 0.3 is 5.97 Å². The van der Waals surface area contributed by atoms with E-state index in [-0.39, 0.29) is 5.97 Å². The van der Waals surface area contributed by atoms with Crippen LogP contribution in [0.15, 0.2) is 85.1 Å². The van der Waals surface area contributed by atoms with Crippen LogP contribution in [0.25, 0.3) is 27.8 Å². The van der Waals surface area contributed by atoms with Crippen LogP contribution in [0.4, 0.5) is 0 Å². The number of carbonyl (C=O) groups excluding carboxylic acids is 1. The highest BCUT2D eigenvalue weighted by Crippen LogP contribution is 2.36. The van der Waals surface area contributed by atoms with Gasteiger partial charge in [-0.3, -0.25) is 0 Å². The number of rotatable bonds is 6. The van der Waals surface area contributed by atoms with Crippen molar-refractivity contribution in [3.63, 3.8) is 0 Å². The number of aromatic amines is 1. The van der Waals surface area contributed by atoms with E-state index >= 15 is 0 Å². The average Bonchev–Trinajstić information content (AvgIpc) is 3.49. The summed E-state index contributed by atoms with van der Waals surface area (Å²) in [5.74, 6) is 0.447. The molecule has 2 aromatic heterocycles. The van der Waals surface area contributed by atoms with Crippen molar-refractivity contribution in [1.82, 2.24) is 9.55 Å². The van der Waals surface area contributed by atoms with E-state index in [1.165, 1.54) is 7.11 Å². The molecule has 5 aromatic rings. The molecule has 0 atom stereocenters. The van der Waals surface area contributed by atoms with Gasteiger partial charge in [-0.15, -0.1) is 0 Å². The summed E-state index contributed by atoms with van der Waals surface area (Å²) >= 11 is 0. The highest BCUT2D eigenvalue weighted by molar-refractivity contribution is 6.04. The lowest BCUT2D eigenvalue weighted by Crippen LogP contribution is -2.06. The van der Waals surface area contributed by atoms with Gasteiger partial charge in [0, 0.05) is 34.0 Å². The standard InChI is InChI=1S/C29H26N2O3/c1-19-9-12-28(34-18-21-7-5-4-6-8-21)25(15-19)27-11-10-20(2)31(27)22-16-24(29(32)33-3)23-13-14-30-26(23)17-22/h4-17,30H,18H2,1-3H3. The molecule has 0 radical (unpaired) electrons. The van der Waals surface area contributed by atoms with E-state index in [1.54, 1.807) is 0 Å². The van der Waals surface area contributed by atoms with Crippen LogP contribution in [0.1, 0.15) is 27.2 Å². The first-order chi connectivity index (χ1) is 16.5. The summed E-state index contributed by atoms with van der Waals surface area (Å²) in [5.41, 5.74) is 7.57. The van der Waals surface area contributed by atoms with Gasteiger partial charge in [-0.05, 0) is 61.9 Å². The van der Waals surface area contributed by atoms with Gasteiger partial charge in [-0.1, -0.05) is 42.0 Å². The normalized spacial score (nSPS) is 11.0. The maximum Gasteiger partial charge on any atom is 0.338 e. The molecule has 0 saturated heterocycles. The molecule has 0 aliphatic carbocycles. The molecule has 5 rings (SSSR count). The third kappa shape index (κ3) is 3.97. The van der Waals surface area contributed by atoms with Crippen LogP contribution in [0.5, 0.6) is 5.75 Å². The van der Waals surface area contributed by atoms with Crippen molar-refractivity contribution >= 4 is 16.9 Å². The zero-order chi connectivity index (χ0) is 23.7. The molecule has 0 saturated carbocycles. The lowest BCUT2D eigenvalue weighted by atomic mass is 10.1. The Kier molecular flexibility index (Phi) is 5.68.